The SMILES string of the molecule is COC(=O)c1c(NC(=O)c2ccc(NC(=O)C(C)C)cc2)sc(C)c1C. The van der Waals surface area contributed by atoms with Crippen LogP contribution in [0.4, 0.5) is 10.7 Å². The van der Waals surface area contributed by atoms with Crippen LogP contribution in [0.3, 0.4) is 0 Å². The molecule has 7 heteroatoms. The average molecular weight is 374 g/mol. The van der Waals surface area contributed by atoms with Crippen LogP contribution in [0.1, 0.15) is 45.0 Å². The van der Waals surface area contributed by atoms with Gasteiger partial charge in [0, 0.05) is 22.0 Å². The van der Waals surface area contributed by atoms with E-state index in [0.29, 0.717) is 21.8 Å². The first kappa shape index (κ1) is 19.7. The number of hydrogen-bond donors (Lipinski definition) is 2. The lowest BCUT2D eigenvalue weighted by Crippen LogP contribution is -2.18. The van der Waals surface area contributed by atoms with Gasteiger partial charge in [0.2, 0.25) is 5.91 Å². The van der Waals surface area contributed by atoms with Crippen LogP contribution in [0.2, 0.25) is 0 Å². The van der Waals surface area contributed by atoms with Gasteiger partial charge in [-0.05, 0) is 43.7 Å². The third-order valence-electron chi connectivity index (χ3n) is 3.94. The van der Waals surface area contributed by atoms with E-state index in [1.807, 2.05) is 13.8 Å². The van der Waals surface area contributed by atoms with Crippen LogP contribution in [-0.2, 0) is 9.53 Å². The number of methoxy groups -OCH3 is 1. The van der Waals surface area contributed by atoms with Crippen LogP contribution in [0.5, 0.6) is 0 Å². The average Bonchev–Trinajstić information content (AvgIpc) is 2.88. The van der Waals surface area contributed by atoms with E-state index in [2.05, 4.69) is 10.6 Å². The van der Waals surface area contributed by atoms with Gasteiger partial charge in [-0.1, -0.05) is 13.8 Å². The highest BCUT2D eigenvalue weighted by atomic mass is 32.1. The smallest absolute Gasteiger partial charge is 0.341 e. The zero-order valence-corrected chi connectivity index (χ0v) is 16.2. The van der Waals surface area contributed by atoms with E-state index in [1.165, 1.54) is 18.4 Å². The number of amides is 2. The first-order valence-corrected chi connectivity index (χ1v) is 8.96. The van der Waals surface area contributed by atoms with Crippen LogP contribution in [-0.4, -0.2) is 24.9 Å². The van der Waals surface area contributed by atoms with Crippen LogP contribution in [0, 0.1) is 19.8 Å². The van der Waals surface area contributed by atoms with E-state index < -0.39 is 5.97 Å². The third kappa shape index (κ3) is 4.29. The molecule has 1 aromatic heterocycles. The number of carbonyl (C=O) groups excluding carboxylic acids is 3. The maximum Gasteiger partial charge on any atom is 0.341 e. The second-order valence-electron chi connectivity index (χ2n) is 6.15. The van der Waals surface area contributed by atoms with Gasteiger partial charge in [0.15, 0.2) is 0 Å². The molecule has 0 unspecified atom stereocenters. The van der Waals surface area contributed by atoms with Gasteiger partial charge in [0.05, 0.1) is 12.7 Å². The van der Waals surface area contributed by atoms with Crippen molar-refractivity contribution < 1.29 is 19.1 Å². The summed E-state index contributed by atoms with van der Waals surface area (Å²) in [6.45, 7) is 7.32. The Bertz CT molecular complexity index is 838. The summed E-state index contributed by atoms with van der Waals surface area (Å²) in [7, 11) is 1.31. The Morgan fingerprint density at radius 1 is 1.04 bits per heavy atom. The first-order chi connectivity index (χ1) is 12.2. The molecule has 138 valence electrons. The van der Waals surface area contributed by atoms with E-state index in [0.717, 1.165) is 10.4 Å². The van der Waals surface area contributed by atoms with Crippen molar-refractivity contribution in [3.05, 3.63) is 45.8 Å². The van der Waals surface area contributed by atoms with Crippen molar-refractivity contribution in [2.24, 2.45) is 5.92 Å². The lowest BCUT2D eigenvalue weighted by atomic mass is 10.1. The van der Waals surface area contributed by atoms with Crippen molar-refractivity contribution in [1.29, 1.82) is 0 Å². The van der Waals surface area contributed by atoms with E-state index in [-0.39, 0.29) is 17.7 Å². The molecule has 0 saturated heterocycles. The summed E-state index contributed by atoms with van der Waals surface area (Å²) < 4.78 is 4.81. The number of ether oxygens (including phenoxy) is 1. The molecule has 0 saturated carbocycles. The molecule has 2 aromatic rings. The second-order valence-corrected chi connectivity index (χ2v) is 7.38. The minimum absolute atomic E-state index is 0.0885. The summed E-state index contributed by atoms with van der Waals surface area (Å²) in [4.78, 5) is 37.1. The predicted octanol–water partition coefficient (Wildman–Crippen LogP) is 4.00. The van der Waals surface area contributed by atoms with Crippen molar-refractivity contribution in [1.82, 2.24) is 0 Å². The molecule has 0 aliphatic rings. The quantitative estimate of drug-likeness (QED) is 0.775. The summed E-state index contributed by atoms with van der Waals surface area (Å²) in [6.07, 6.45) is 0. The zero-order chi connectivity index (χ0) is 19.4. The molecular weight excluding hydrogens is 352 g/mol. The summed E-state index contributed by atoms with van der Waals surface area (Å²) in [5, 5.41) is 6.01. The number of nitrogens with one attached hydrogen (secondary N) is 2. The fourth-order valence-electron chi connectivity index (χ4n) is 2.23. The van der Waals surface area contributed by atoms with Crippen LogP contribution >= 0.6 is 11.3 Å². The molecule has 1 aromatic carbocycles. The Labute approximate surface area is 156 Å². The molecule has 0 fully saturated rings. The largest absolute Gasteiger partial charge is 0.465 e. The Kier molecular flexibility index (Phi) is 6.15. The van der Waals surface area contributed by atoms with Crippen molar-refractivity contribution in [2.45, 2.75) is 27.7 Å². The number of thiophene rings is 1. The number of rotatable bonds is 5. The minimum atomic E-state index is -0.478. The molecule has 0 bridgehead atoms. The number of anilines is 2. The molecule has 0 aliphatic carbocycles. The number of benzene rings is 1. The molecule has 0 aliphatic heterocycles. The topological polar surface area (TPSA) is 84.5 Å². The number of carbonyl (C=O) groups is 3. The molecule has 6 nitrogen and oxygen atoms in total. The van der Waals surface area contributed by atoms with Gasteiger partial charge >= 0.3 is 5.97 Å². The maximum absolute atomic E-state index is 12.5. The molecule has 0 spiro atoms. The van der Waals surface area contributed by atoms with Crippen LogP contribution < -0.4 is 10.6 Å². The van der Waals surface area contributed by atoms with Gasteiger partial charge in [0.25, 0.3) is 5.91 Å². The molecule has 2 N–H and O–H groups in total. The molecule has 1 heterocycles. The van der Waals surface area contributed by atoms with Crippen molar-refractivity contribution >= 4 is 39.8 Å². The van der Waals surface area contributed by atoms with Crippen LogP contribution in [0.15, 0.2) is 24.3 Å². The number of esters is 1. The zero-order valence-electron chi connectivity index (χ0n) is 15.4. The normalized spacial score (nSPS) is 10.5. The summed E-state index contributed by atoms with van der Waals surface area (Å²) in [6, 6.07) is 6.58. The molecular formula is C19H22N2O4S. The lowest BCUT2D eigenvalue weighted by Gasteiger charge is -2.09. The Hall–Kier alpha value is -2.67. The van der Waals surface area contributed by atoms with E-state index >= 15 is 0 Å². The van der Waals surface area contributed by atoms with Crippen molar-refractivity contribution in [2.75, 3.05) is 17.7 Å². The van der Waals surface area contributed by atoms with E-state index in [4.69, 9.17) is 4.74 Å². The highest BCUT2D eigenvalue weighted by molar-refractivity contribution is 7.16. The molecule has 2 rings (SSSR count). The first-order valence-electron chi connectivity index (χ1n) is 8.15. The molecule has 0 atom stereocenters. The molecule has 26 heavy (non-hydrogen) atoms. The third-order valence-corrected chi connectivity index (χ3v) is 5.06. The Morgan fingerprint density at radius 3 is 2.19 bits per heavy atom. The van der Waals surface area contributed by atoms with Gasteiger partial charge in [-0.2, -0.15) is 0 Å². The lowest BCUT2D eigenvalue weighted by molar-refractivity contribution is -0.118. The van der Waals surface area contributed by atoms with Gasteiger partial charge in [-0.3, -0.25) is 9.59 Å². The molecule has 0 radical (unpaired) electrons. The molecule has 2 amide bonds. The number of aryl methyl sites for hydroxylation is 1. The predicted molar refractivity (Wildman–Crippen MR) is 103 cm³/mol. The monoisotopic (exact) mass is 374 g/mol. The van der Waals surface area contributed by atoms with Gasteiger partial charge in [-0.25, -0.2) is 4.79 Å². The fourth-order valence-corrected chi connectivity index (χ4v) is 3.27. The summed E-state index contributed by atoms with van der Waals surface area (Å²) in [5.74, 6) is -1.03. The summed E-state index contributed by atoms with van der Waals surface area (Å²) in [5.41, 5.74) is 2.22. The standard InChI is InChI=1S/C19H22N2O4S/c1-10(2)16(22)20-14-8-6-13(7-9-14)17(23)21-18-15(19(24)25-5)11(3)12(4)26-18/h6-10H,1-5H3,(H,20,22)(H,21,23). The van der Waals surface area contributed by atoms with Gasteiger partial charge < -0.3 is 15.4 Å². The second kappa shape index (κ2) is 8.14. The maximum atomic E-state index is 12.5. The van der Waals surface area contributed by atoms with Crippen molar-refractivity contribution in [3.63, 3.8) is 0 Å². The van der Waals surface area contributed by atoms with Crippen LogP contribution in [0.25, 0.3) is 0 Å². The van der Waals surface area contributed by atoms with Crippen molar-refractivity contribution in [3.8, 4) is 0 Å². The van der Waals surface area contributed by atoms with E-state index in [9.17, 15) is 14.4 Å². The van der Waals surface area contributed by atoms with E-state index in [1.54, 1.807) is 38.1 Å². The highest BCUT2D eigenvalue weighted by Gasteiger charge is 2.22. The Balaban J connectivity index is 2.17. The fraction of sp³-hybridized carbons (Fsp3) is 0.316. The number of hydrogen-bond acceptors (Lipinski definition) is 5. The highest BCUT2D eigenvalue weighted by Crippen LogP contribution is 2.33. The Morgan fingerprint density at radius 2 is 1.65 bits per heavy atom. The summed E-state index contributed by atoms with van der Waals surface area (Å²) >= 11 is 1.33. The van der Waals surface area contributed by atoms with Gasteiger partial charge in [-0.15, -0.1) is 11.3 Å². The minimum Gasteiger partial charge on any atom is -0.465 e. The van der Waals surface area contributed by atoms with Gasteiger partial charge in [0.1, 0.15) is 5.00 Å².